The van der Waals surface area contributed by atoms with E-state index in [-0.39, 0.29) is 30.0 Å². The van der Waals surface area contributed by atoms with Crippen molar-refractivity contribution in [1.82, 2.24) is 14.9 Å². The van der Waals surface area contributed by atoms with Crippen LogP contribution in [0.25, 0.3) is 11.0 Å². The standard InChI is InChI=1S/C23H32FN3O4/c1-14(25-15(2)28)12-29-17-6-8-18(9-7-17)31-23-26-22-20(24)10-19(11-21(22)27(23)3)30-13-16-4-5-16/h10-11,14,16-18H,4-9,12-13H2,1-3H3,(H,25,28)/t14-,17-,18-/m0/s1. The maximum atomic E-state index is 14.6. The molecule has 0 spiro atoms. The quantitative estimate of drug-likeness (QED) is 0.652. The highest BCUT2D eigenvalue weighted by Crippen LogP contribution is 2.32. The van der Waals surface area contributed by atoms with Crippen molar-refractivity contribution in [1.29, 1.82) is 0 Å². The van der Waals surface area contributed by atoms with Gasteiger partial charge in [-0.2, -0.15) is 4.98 Å². The van der Waals surface area contributed by atoms with E-state index < -0.39 is 0 Å². The summed E-state index contributed by atoms with van der Waals surface area (Å²) in [4.78, 5) is 15.5. The molecule has 0 aliphatic heterocycles. The molecule has 2 aromatic rings. The topological polar surface area (TPSA) is 74.6 Å². The Bertz CT molecular complexity index is 919. The number of amides is 1. The minimum atomic E-state index is -0.390. The third-order valence-corrected chi connectivity index (χ3v) is 5.98. The maximum absolute atomic E-state index is 14.6. The second kappa shape index (κ2) is 9.42. The molecule has 1 N–H and O–H groups in total. The summed E-state index contributed by atoms with van der Waals surface area (Å²) in [6.07, 6.45) is 6.04. The van der Waals surface area contributed by atoms with Crippen LogP contribution < -0.4 is 14.8 Å². The molecule has 1 atom stereocenters. The lowest BCUT2D eigenvalue weighted by Crippen LogP contribution is -2.37. The van der Waals surface area contributed by atoms with Gasteiger partial charge in [0.2, 0.25) is 5.91 Å². The van der Waals surface area contributed by atoms with Gasteiger partial charge in [-0.05, 0) is 51.4 Å². The lowest BCUT2D eigenvalue weighted by molar-refractivity contribution is -0.120. The number of nitrogens with one attached hydrogen (secondary N) is 1. The lowest BCUT2D eigenvalue weighted by Gasteiger charge is -2.29. The van der Waals surface area contributed by atoms with Crippen LogP contribution in [0.1, 0.15) is 52.4 Å². The number of hydrogen-bond acceptors (Lipinski definition) is 5. The largest absolute Gasteiger partial charge is 0.493 e. The number of carbonyl (C=O) groups is 1. The van der Waals surface area contributed by atoms with E-state index >= 15 is 0 Å². The average Bonchev–Trinajstić information content (AvgIpc) is 3.51. The molecule has 4 rings (SSSR count). The van der Waals surface area contributed by atoms with Gasteiger partial charge < -0.3 is 19.5 Å². The molecule has 0 radical (unpaired) electrons. The van der Waals surface area contributed by atoms with Gasteiger partial charge in [-0.3, -0.25) is 9.36 Å². The molecule has 8 heteroatoms. The summed E-state index contributed by atoms with van der Waals surface area (Å²) < 4.78 is 34.2. The van der Waals surface area contributed by atoms with Crippen LogP contribution in [0.3, 0.4) is 0 Å². The number of benzene rings is 1. The molecule has 1 aromatic heterocycles. The SMILES string of the molecule is CC(=O)N[C@@H](C)CO[C@H]1CC[C@H](Oc2nc3c(F)cc(OCC4CC4)cc3n2C)CC1. The molecule has 0 saturated heterocycles. The fourth-order valence-electron chi connectivity index (χ4n) is 4.02. The van der Waals surface area contributed by atoms with E-state index in [2.05, 4.69) is 10.3 Å². The number of aryl methyl sites for hydroxylation is 1. The molecule has 1 aromatic carbocycles. The van der Waals surface area contributed by atoms with Crippen LogP contribution >= 0.6 is 0 Å². The minimum Gasteiger partial charge on any atom is -0.493 e. The zero-order valence-electron chi connectivity index (χ0n) is 18.5. The normalized spacial score (nSPS) is 22.3. The summed E-state index contributed by atoms with van der Waals surface area (Å²) in [6.45, 7) is 4.59. The number of carbonyl (C=O) groups excluding carboxylic acids is 1. The van der Waals surface area contributed by atoms with Gasteiger partial charge in [0.25, 0.3) is 6.01 Å². The highest BCUT2D eigenvalue weighted by Gasteiger charge is 2.26. The Morgan fingerprint density at radius 1 is 1.23 bits per heavy atom. The first kappa shape index (κ1) is 21.9. The molecule has 2 aliphatic carbocycles. The lowest BCUT2D eigenvalue weighted by atomic mass is 9.95. The number of rotatable bonds is 9. The van der Waals surface area contributed by atoms with Crippen molar-refractivity contribution < 1.29 is 23.4 Å². The molecular formula is C23H32FN3O4. The Balaban J connectivity index is 1.32. The number of nitrogens with zero attached hydrogens (tertiary/aromatic N) is 2. The number of halogens is 1. The first-order valence-electron chi connectivity index (χ1n) is 11.2. The van der Waals surface area contributed by atoms with E-state index in [4.69, 9.17) is 14.2 Å². The van der Waals surface area contributed by atoms with Crippen molar-refractivity contribution >= 4 is 16.9 Å². The smallest absolute Gasteiger partial charge is 0.297 e. The number of hydrogen-bond donors (Lipinski definition) is 1. The van der Waals surface area contributed by atoms with Crippen LogP contribution in [0.2, 0.25) is 0 Å². The van der Waals surface area contributed by atoms with Crippen molar-refractivity contribution in [3.8, 4) is 11.8 Å². The highest BCUT2D eigenvalue weighted by atomic mass is 19.1. The predicted molar refractivity (Wildman–Crippen MR) is 115 cm³/mol. The monoisotopic (exact) mass is 433 g/mol. The Labute approximate surface area is 182 Å². The van der Waals surface area contributed by atoms with Crippen molar-refractivity contribution in [2.45, 2.75) is 70.6 Å². The van der Waals surface area contributed by atoms with E-state index in [1.54, 1.807) is 4.57 Å². The van der Waals surface area contributed by atoms with Crippen LogP contribution in [0.4, 0.5) is 4.39 Å². The van der Waals surface area contributed by atoms with Crippen molar-refractivity contribution in [3.05, 3.63) is 17.9 Å². The summed E-state index contributed by atoms with van der Waals surface area (Å²) in [5, 5.41) is 2.83. The fourth-order valence-corrected chi connectivity index (χ4v) is 4.02. The van der Waals surface area contributed by atoms with Gasteiger partial charge >= 0.3 is 0 Å². The summed E-state index contributed by atoms with van der Waals surface area (Å²) in [7, 11) is 1.84. The molecule has 0 unspecified atom stereocenters. The molecule has 0 bridgehead atoms. The van der Waals surface area contributed by atoms with Gasteiger partial charge in [0.05, 0.1) is 24.8 Å². The van der Waals surface area contributed by atoms with Crippen molar-refractivity contribution in [2.24, 2.45) is 13.0 Å². The summed E-state index contributed by atoms with van der Waals surface area (Å²) >= 11 is 0. The van der Waals surface area contributed by atoms with E-state index in [1.165, 1.54) is 25.8 Å². The van der Waals surface area contributed by atoms with E-state index in [0.29, 0.717) is 41.9 Å². The van der Waals surface area contributed by atoms with Gasteiger partial charge in [-0.25, -0.2) is 4.39 Å². The molecule has 170 valence electrons. The van der Waals surface area contributed by atoms with Crippen LogP contribution in [-0.2, 0) is 16.6 Å². The molecule has 1 amide bonds. The van der Waals surface area contributed by atoms with Gasteiger partial charge in [0, 0.05) is 32.1 Å². The Kier molecular flexibility index (Phi) is 6.65. The summed E-state index contributed by atoms with van der Waals surface area (Å²) in [5.74, 6) is 0.711. The van der Waals surface area contributed by atoms with E-state index in [0.717, 1.165) is 25.7 Å². The third kappa shape index (κ3) is 5.67. The second-order valence-electron chi connectivity index (χ2n) is 8.93. The molecule has 2 saturated carbocycles. The maximum Gasteiger partial charge on any atom is 0.297 e. The van der Waals surface area contributed by atoms with Gasteiger partial charge in [0.15, 0.2) is 5.82 Å². The van der Waals surface area contributed by atoms with E-state index in [9.17, 15) is 9.18 Å². The van der Waals surface area contributed by atoms with Crippen molar-refractivity contribution in [3.63, 3.8) is 0 Å². The highest BCUT2D eigenvalue weighted by molar-refractivity contribution is 5.79. The second-order valence-corrected chi connectivity index (χ2v) is 8.93. The molecule has 2 aliphatic rings. The summed E-state index contributed by atoms with van der Waals surface area (Å²) in [5.41, 5.74) is 0.977. The zero-order chi connectivity index (χ0) is 22.0. The first-order valence-corrected chi connectivity index (χ1v) is 11.2. The number of ether oxygens (including phenoxy) is 3. The molecule has 31 heavy (non-hydrogen) atoms. The molecular weight excluding hydrogens is 401 g/mol. The Morgan fingerprint density at radius 3 is 2.61 bits per heavy atom. The first-order chi connectivity index (χ1) is 14.9. The van der Waals surface area contributed by atoms with Crippen LogP contribution in [0.15, 0.2) is 12.1 Å². The average molecular weight is 434 g/mol. The van der Waals surface area contributed by atoms with Gasteiger partial charge in [-0.1, -0.05) is 0 Å². The molecule has 1 heterocycles. The Hall–Kier alpha value is -2.35. The van der Waals surface area contributed by atoms with Crippen LogP contribution in [0, 0.1) is 11.7 Å². The van der Waals surface area contributed by atoms with Crippen LogP contribution in [0.5, 0.6) is 11.8 Å². The van der Waals surface area contributed by atoms with Crippen LogP contribution in [-0.4, -0.2) is 46.9 Å². The number of fused-ring (bicyclic) bond motifs is 1. The number of imidazole rings is 1. The molecule has 7 nitrogen and oxygen atoms in total. The number of aromatic nitrogens is 2. The predicted octanol–water partition coefficient (Wildman–Crippen LogP) is 3.73. The van der Waals surface area contributed by atoms with Crippen molar-refractivity contribution in [2.75, 3.05) is 13.2 Å². The zero-order valence-corrected chi connectivity index (χ0v) is 18.5. The third-order valence-electron chi connectivity index (χ3n) is 5.98. The van der Waals surface area contributed by atoms with Gasteiger partial charge in [0.1, 0.15) is 17.4 Å². The fraction of sp³-hybridized carbons (Fsp3) is 0.652. The van der Waals surface area contributed by atoms with Gasteiger partial charge in [-0.15, -0.1) is 0 Å². The van der Waals surface area contributed by atoms with E-state index in [1.807, 2.05) is 20.0 Å². The molecule has 2 fully saturated rings. The Morgan fingerprint density at radius 2 is 1.94 bits per heavy atom. The summed E-state index contributed by atoms with van der Waals surface area (Å²) in [6, 6.07) is 3.67. The minimum absolute atomic E-state index is 0.000450.